The molecule has 3 rings (SSSR count). The molecule has 0 spiro atoms. The van der Waals surface area contributed by atoms with E-state index >= 15 is 0 Å². The summed E-state index contributed by atoms with van der Waals surface area (Å²) < 4.78 is 1.64. The largest absolute Gasteiger partial charge is 0.481 e. The first-order chi connectivity index (χ1) is 9.25. The maximum absolute atomic E-state index is 11.0. The molecule has 0 radical (unpaired) electrons. The molecule has 1 saturated heterocycles. The van der Waals surface area contributed by atoms with Gasteiger partial charge in [0.15, 0.2) is 11.6 Å². The molecule has 19 heavy (non-hydrogen) atoms. The van der Waals surface area contributed by atoms with Gasteiger partial charge in [0.2, 0.25) is 0 Å². The van der Waals surface area contributed by atoms with E-state index in [0.717, 1.165) is 0 Å². The van der Waals surface area contributed by atoms with Crippen molar-refractivity contribution in [2.75, 3.05) is 18.0 Å². The Labute approximate surface area is 109 Å². The van der Waals surface area contributed by atoms with Crippen LogP contribution in [-0.2, 0) is 4.79 Å². The summed E-state index contributed by atoms with van der Waals surface area (Å²) in [7, 11) is 0. The summed E-state index contributed by atoms with van der Waals surface area (Å²) in [5, 5.41) is 13.2. The molecule has 0 aliphatic carbocycles. The first kappa shape index (κ1) is 11.6. The Balaban J connectivity index is 1.92. The summed E-state index contributed by atoms with van der Waals surface area (Å²) in [6.07, 6.45) is 7.30. The number of rotatable bonds is 3. The minimum atomic E-state index is -0.757. The number of hydrogen-bond acceptors (Lipinski definition) is 5. The zero-order valence-corrected chi connectivity index (χ0v) is 10.2. The van der Waals surface area contributed by atoms with Crippen molar-refractivity contribution in [1.29, 1.82) is 0 Å². The van der Waals surface area contributed by atoms with Gasteiger partial charge in [-0.05, 0) is 12.5 Å². The van der Waals surface area contributed by atoms with Crippen LogP contribution in [0.5, 0.6) is 0 Å². The van der Waals surface area contributed by atoms with Gasteiger partial charge in [-0.1, -0.05) is 0 Å². The van der Waals surface area contributed by atoms with Crippen LogP contribution in [0.15, 0.2) is 30.9 Å². The fourth-order valence-electron chi connectivity index (χ4n) is 2.26. The Kier molecular flexibility index (Phi) is 2.86. The highest BCUT2D eigenvalue weighted by atomic mass is 16.4. The number of carbonyl (C=O) groups is 1. The summed E-state index contributed by atoms with van der Waals surface area (Å²) in [4.78, 5) is 21.6. The minimum absolute atomic E-state index is 0.340. The Morgan fingerprint density at radius 2 is 2.05 bits per heavy atom. The summed E-state index contributed by atoms with van der Waals surface area (Å²) in [6, 6.07) is 1.81. The van der Waals surface area contributed by atoms with Crippen LogP contribution in [-0.4, -0.2) is 43.9 Å². The van der Waals surface area contributed by atoms with Crippen LogP contribution in [0.4, 0.5) is 5.82 Å². The van der Waals surface area contributed by atoms with Crippen molar-refractivity contribution in [2.24, 2.45) is 5.92 Å². The summed E-state index contributed by atoms with van der Waals surface area (Å²) in [6.45, 7) is 1.13. The predicted octanol–water partition coefficient (Wildman–Crippen LogP) is 0.573. The molecule has 0 bridgehead atoms. The van der Waals surface area contributed by atoms with E-state index in [9.17, 15) is 4.79 Å². The van der Waals surface area contributed by atoms with E-state index in [1.807, 2.05) is 11.0 Å². The van der Waals surface area contributed by atoms with E-state index in [1.54, 1.807) is 29.5 Å². The Morgan fingerprint density at radius 3 is 2.68 bits per heavy atom. The fraction of sp³-hybridized carbons (Fsp3) is 0.333. The van der Waals surface area contributed by atoms with E-state index in [2.05, 4.69) is 15.1 Å². The average molecular weight is 259 g/mol. The van der Waals surface area contributed by atoms with Crippen molar-refractivity contribution in [3.05, 3.63) is 30.9 Å². The maximum atomic E-state index is 11.0. The van der Waals surface area contributed by atoms with E-state index in [-0.39, 0.29) is 5.92 Å². The first-order valence-corrected chi connectivity index (χ1v) is 6.04. The molecule has 0 aromatic carbocycles. The molecule has 2 aromatic heterocycles. The second-order valence-electron chi connectivity index (χ2n) is 4.42. The van der Waals surface area contributed by atoms with Crippen molar-refractivity contribution in [1.82, 2.24) is 19.7 Å². The van der Waals surface area contributed by atoms with Crippen LogP contribution < -0.4 is 4.90 Å². The van der Waals surface area contributed by atoms with Crippen LogP contribution in [0, 0.1) is 5.92 Å². The molecular weight excluding hydrogens is 246 g/mol. The molecule has 3 heterocycles. The monoisotopic (exact) mass is 259 g/mol. The highest BCUT2D eigenvalue weighted by Crippen LogP contribution is 2.25. The Morgan fingerprint density at radius 1 is 1.26 bits per heavy atom. The predicted molar refractivity (Wildman–Crippen MR) is 67.1 cm³/mol. The molecular formula is C12H13N5O2. The van der Waals surface area contributed by atoms with Crippen molar-refractivity contribution < 1.29 is 9.90 Å². The molecule has 0 saturated carbocycles. The molecule has 0 amide bonds. The van der Waals surface area contributed by atoms with Crippen molar-refractivity contribution in [3.63, 3.8) is 0 Å². The molecule has 1 aliphatic heterocycles. The zero-order valence-electron chi connectivity index (χ0n) is 10.2. The third kappa shape index (κ3) is 2.14. The van der Waals surface area contributed by atoms with Crippen LogP contribution in [0.1, 0.15) is 6.42 Å². The van der Waals surface area contributed by atoms with Crippen molar-refractivity contribution >= 4 is 11.8 Å². The number of carboxylic acid groups (broad SMARTS) is 1. The second-order valence-corrected chi connectivity index (χ2v) is 4.42. The Bertz CT molecular complexity index is 584. The molecule has 7 nitrogen and oxygen atoms in total. The van der Waals surface area contributed by atoms with E-state index < -0.39 is 5.97 Å². The van der Waals surface area contributed by atoms with Gasteiger partial charge >= 0.3 is 5.97 Å². The van der Waals surface area contributed by atoms with E-state index in [0.29, 0.717) is 31.1 Å². The third-order valence-electron chi connectivity index (χ3n) is 3.22. The molecule has 1 aliphatic rings. The molecule has 7 heteroatoms. The number of anilines is 1. The zero-order chi connectivity index (χ0) is 13.2. The molecule has 2 aromatic rings. The van der Waals surface area contributed by atoms with Gasteiger partial charge in [0, 0.05) is 37.9 Å². The third-order valence-corrected chi connectivity index (χ3v) is 3.22. The summed E-state index contributed by atoms with van der Waals surface area (Å²) in [5.41, 5.74) is 0. The van der Waals surface area contributed by atoms with Gasteiger partial charge in [-0.15, -0.1) is 0 Å². The van der Waals surface area contributed by atoms with Crippen LogP contribution >= 0.6 is 0 Å². The Hall–Kier alpha value is -2.44. The lowest BCUT2D eigenvalue weighted by molar-refractivity contribution is -0.140. The lowest BCUT2D eigenvalue weighted by atomic mass is 10.1. The number of carboxylic acids is 1. The molecule has 0 unspecified atom stereocenters. The highest BCUT2D eigenvalue weighted by Gasteiger charge is 2.30. The van der Waals surface area contributed by atoms with E-state index in [1.165, 1.54) is 0 Å². The van der Waals surface area contributed by atoms with Gasteiger partial charge in [0.1, 0.15) is 0 Å². The van der Waals surface area contributed by atoms with Gasteiger partial charge in [0.05, 0.1) is 5.92 Å². The second kappa shape index (κ2) is 4.68. The number of aromatic nitrogens is 4. The first-order valence-electron chi connectivity index (χ1n) is 6.04. The molecule has 1 fully saturated rings. The fourth-order valence-corrected chi connectivity index (χ4v) is 2.26. The SMILES string of the molecule is O=C(O)[C@H]1CCN(c2nccnc2-n2cccn2)C1. The van der Waals surface area contributed by atoms with Gasteiger partial charge in [0.25, 0.3) is 0 Å². The van der Waals surface area contributed by atoms with Crippen molar-refractivity contribution in [2.45, 2.75) is 6.42 Å². The number of hydrogen-bond donors (Lipinski definition) is 1. The average Bonchev–Trinajstić information content (AvgIpc) is 3.10. The minimum Gasteiger partial charge on any atom is -0.481 e. The van der Waals surface area contributed by atoms with Crippen LogP contribution in [0.2, 0.25) is 0 Å². The molecule has 1 N–H and O–H groups in total. The smallest absolute Gasteiger partial charge is 0.308 e. The van der Waals surface area contributed by atoms with Crippen molar-refractivity contribution in [3.8, 4) is 5.82 Å². The van der Waals surface area contributed by atoms with E-state index in [4.69, 9.17) is 5.11 Å². The van der Waals surface area contributed by atoms with Gasteiger partial charge in [-0.3, -0.25) is 4.79 Å². The highest BCUT2D eigenvalue weighted by molar-refractivity contribution is 5.72. The standard InChI is InChI=1S/C12H13N5O2/c18-12(19)9-2-7-16(8-9)10-11(14-5-4-13-10)17-6-1-3-15-17/h1,3-6,9H,2,7-8H2,(H,18,19)/t9-/m0/s1. The number of aliphatic carboxylic acids is 1. The molecule has 1 atom stereocenters. The molecule has 98 valence electrons. The summed E-state index contributed by atoms with van der Waals surface area (Å²) in [5.74, 6) is 0.202. The van der Waals surface area contributed by atoms with Crippen LogP contribution in [0.3, 0.4) is 0 Å². The lowest BCUT2D eigenvalue weighted by Crippen LogP contribution is -2.25. The summed E-state index contributed by atoms with van der Waals surface area (Å²) >= 11 is 0. The van der Waals surface area contributed by atoms with Gasteiger partial charge in [-0.2, -0.15) is 5.10 Å². The van der Waals surface area contributed by atoms with Gasteiger partial charge < -0.3 is 10.0 Å². The quantitative estimate of drug-likeness (QED) is 0.867. The normalized spacial score (nSPS) is 18.7. The van der Waals surface area contributed by atoms with Gasteiger partial charge in [-0.25, -0.2) is 14.6 Å². The lowest BCUT2D eigenvalue weighted by Gasteiger charge is -2.18. The number of nitrogens with zero attached hydrogens (tertiary/aromatic N) is 5. The maximum Gasteiger partial charge on any atom is 0.308 e. The topological polar surface area (TPSA) is 84.1 Å². The van der Waals surface area contributed by atoms with Crippen LogP contribution in [0.25, 0.3) is 5.82 Å².